The van der Waals surface area contributed by atoms with E-state index in [2.05, 4.69) is 15.4 Å². The van der Waals surface area contributed by atoms with E-state index in [0.717, 1.165) is 16.6 Å². The van der Waals surface area contributed by atoms with Gasteiger partial charge in [-0.3, -0.25) is 9.59 Å². The Hall–Kier alpha value is -3.22. The maximum atomic E-state index is 12.6. The van der Waals surface area contributed by atoms with E-state index in [1.807, 2.05) is 43.7 Å². The standard InChI is InChI=1S/C21H25N5O2/c1-13(2)26-19-17(12-23-26)10-18(14(3)24-19)20(27)22-11-15-6-8-16(9-7-15)21(28)25(4)5/h6-10,12-13H,11H2,1-5H3,(H,22,27). The largest absolute Gasteiger partial charge is 0.348 e. The molecule has 0 saturated heterocycles. The average Bonchev–Trinajstić information content (AvgIpc) is 3.08. The third-order valence-electron chi connectivity index (χ3n) is 4.55. The van der Waals surface area contributed by atoms with Gasteiger partial charge in [-0.05, 0) is 44.5 Å². The maximum Gasteiger partial charge on any atom is 0.253 e. The molecule has 0 radical (unpaired) electrons. The normalized spacial score (nSPS) is 11.1. The van der Waals surface area contributed by atoms with Crippen LogP contribution >= 0.6 is 0 Å². The quantitative estimate of drug-likeness (QED) is 0.739. The van der Waals surface area contributed by atoms with Crippen LogP contribution in [0.5, 0.6) is 0 Å². The second-order valence-electron chi connectivity index (χ2n) is 7.30. The van der Waals surface area contributed by atoms with E-state index in [-0.39, 0.29) is 17.9 Å². The van der Waals surface area contributed by atoms with Gasteiger partial charge in [0.05, 0.1) is 17.5 Å². The van der Waals surface area contributed by atoms with Crippen LogP contribution in [0.15, 0.2) is 36.5 Å². The molecule has 1 aromatic carbocycles. The second kappa shape index (κ2) is 7.80. The number of nitrogens with zero attached hydrogens (tertiary/aromatic N) is 4. The van der Waals surface area contributed by atoms with Crippen molar-refractivity contribution in [1.82, 2.24) is 25.0 Å². The van der Waals surface area contributed by atoms with Gasteiger partial charge in [-0.2, -0.15) is 5.10 Å². The number of benzene rings is 1. The molecule has 0 aliphatic rings. The first-order valence-corrected chi connectivity index (χ1v) is 9.21. The maximum absolute atomic E-state index is 12.6. The molecule has 146 valence electrons. The van der Waals surface area contributed by atoms with Gasteiger partial charge in [-0.15, -0.1) is 0 Å². The van der Waals surface area contributed by atoms with Crippen LogP contribution in [0.25, 0.3) is 11.0 Å². The van der Waals surface area contributed by atoms with Gasteiger partial charge in [-0.25, -0.2) is 9.67 Å². The van der Waals surface area contributed by atoms with Crippen LogP contribution in [-0.4, -0.2) is 45.6 Å². The van der Waals surface area contributed by atoms with E-state index >= 15 is 0 Å². The molecule has 0 bridgehead atoms. The van der Waals surface area contributed by atoms with Crippen molar-refractivity contribution in [3.05, 3.63) is 58.9 Å². The minimum absolute atomic E-state index is 0.0486. The number of hydrogen-bond acceptors (Lipinski definition) is 4. The molecule has 7 heteroatoms. The van der Waals surface area contributed by atoms with E-state index in [1.165, 1.54) is 4.90 Å². The summed E-state index contributed by atoms with van der Waals surface area (Å²) in [5, 5.41) is 8.12. The van der Waals surface area contributed by atoms with Gasteiger partial charge in [0, 0.05) is 37.6 Å². The van der Waals surface area contributed by atoms with Gasteiger partial charge >= 0.3 is 0 Å². The van der Waals surface area contributed by atoms with E-state index < -0.39 is 0 Å². The molecule has 3 aromatic rings. The van der Waals surface area contributed by atoms with Crippen molar-refractivity contribution in [3.8, 4) is 0 Å². The number of amides is 2. The topological polar surface area (TPSA) is 80.1 Å². The Morgan fingerprint density at radius 3 is 2.46 bits per heavy atom. The molecule has 28 heavy (non-hydrogen) atoms. The fourth-order valence-corrected chi connectivity index (χ4v) is 2.97. The van der Waals surface area contributed by atoms with E-state index in [9.17, 15) is 9.59 Å². The highest BCUT2D eigenvalue weighted by atomic mass is 16.2. The molecule has 0 spiro atoms. The van der Waals surface area contributed by atoms with E-state index in [1.54, 1.807) is 32.4 Å². The van der Waals surface area contributed by atoms with Crippen LogP contribution in [0.4, 0.5) is 0 Å². The molecule has 0 atom stereocenters. The first-order chi connectivity index (χ1) is 13.3. The van der Waals surface area contributed by atoms with Crippen LogP contribution < -0.4 is 5.32 Å². The molecule has 2 heterocycles. The summed E-state index contributed by atoms with van der Waals surface area (Å²) in [4.78, 5) is 30.7. The van der Waals surface area contributed by atoms with Crippen molar-refractivity contribution in [2.24, 2.45) is 0 Å². The highest BCUT2D eigenvalue weighted by Gasteiger charge is 2.15. The fraction of sp³-hybridized carbons (Fsp3) is 0.333. The van der Waals surface area contributed by atoms with Crippen LogP contribution in [0.3, 0.4) is 0 Å². The van der Waals surface area contributed by atoms with Gasteiger partial charge < -0.3 is 10.2 Å². The number of pyridine rings is 1. The highest BCUT2D eigenvalue weighted by molar-refractivity contribution is 5.98. The molecule has 2 aromatic heterocycles. The highest BCUT2D eigenvalue weighted by Crippen LogP contribution is 2.19. The summed E-state index contributed by atoms with van der Waals surface area (Å²) in [5.41, 5.74) is 3.52. The third-order valence-corrected chi connectivity index (χ3v) is 4.55. The lowest BCUT2D eigenvalue weighted by molar-refractivity contribution is 0.0827. The number of fused-ring (bicyclic) bond motifs is 1. The number of hydrogen-bond donors (Lipinski definition) is 1. The summed E-state index contributed by atoms with van der Waals surface area (Å²) in [6.45, 7) is 6.29. The Kier molecular flexibility index (Phi) is 5.44. The zero-order chi connectivity index (χ0) is 20.4. The van der Waals surface area contributed by atoms with Crippen LogP contribution in [0, 0.1) is 6.92 Å². The van der Waals surface area contributed by atoms with Gasteiger partial charge in [0.2, 0.25) is 0 Å². The lowest BCUT2D eigenvalue weighted by atomic mass is 10.1. The zero-order valence-electron chi connectivity index (χ0n) is 16.9. The first-order valence-electron chi connectivity index (χ1n) is 9.21. The van der Waals surface area contributed by atoms with E-state index in [0.29, 0.717) is 23.4 Å². The van der Waals surface area contributed by atoms with Gasteiger partial charge in [0.1, 0.15) is 0 Å². The lowest BCUT2D eigenvalue weighted by Gasteiger charge is -2.11. The summed E-state index contributed by atoms with van der Waals surface area (Å²) in [7, 11) is 3.43. The fourth-order valence-electron chi connectivity index (χ4n) is 2.97. The molecule has 0 aliphatic heterocycles. The van der Waals surface area contributed by atoms with Gasteiger partial charge in [-0.1, -0.05) is 12.1 Å². The summed E-state index contributed by atoms with van der Waals surface area (Å²) in [5.74, 6) is -0.231. The Labute approximate surface area is 164 Å². The number of rotatable bonds is 5. The monoisotopic (exact) mass is 379 g/mol. The molecule has 0 fully saturated rings. The molecule has 2 amide bonds. The lowest BCUT2D eigenvalue weighted by Crippen LogP contribution is -2.24. The van der Waals surface area contributed by atoms with Crippen LogP contribution in [0.1, 0.15) is 51.9 Å². The number of aromatic nitrogens is 3. The zero-order valence-corrected chi connectivity index (χ0v) is 16.9. The van der Waals surface area contributed by atoms with Crippen LogP contribution in [-0.2, 0) is 6.54 Å². The molecule has 0 aliphatic carbocycles. The number of carbonyl (C=O) groups excluding carboxylic acids is 2. The van der Waals surface area contributed by atoms with Crippen molar-refractivity contribution in [1.29, 1.82) is 0 Å². The number of nitrogens with one attached hydrogen (secondary N) is 1. The SMILES string of the molecule is Cc1nc2c(cnn2C(C)C)cc1C(=O)NCc1ccc(C(=O)N(C)C)cc1. The Morgan fingerprint density at radius 2 is 1.86 bits per heavy atom. The predicted octanol–water partition coefficient (Wildman–Crippen LogP) is 2.95. The minimum Gasteiger partial charge on any atom is -0.348 e. The number of carbonyl (C=O) groups is 2. The van der Waals surface area contributed by atoms with Crippen molar-refractivity contribution >= 4 is 22.8 Å². The van der Waals surface area contributed by atoms with E-state index in [4.69, 9.17) is 0 Å². The molecule has 3 rings (SSSR count). The van der Waals surface area contributed by atoms with Gasteiger partial charge in [0.15, 0.2) is 5.65 Å². The first kappa shape index (κ1) is 19.5. The molecule has 0 saturated carbocycles. The molecular formula is C21H25N5O2. The smallest absolute Gasteiger partial charge is 0.253 e. The van der Waals surface area contributed by atoms with Crippen molar-refractivity contribution in [3.63, 3.8) is 0 Å². The van der Waals surface area contributed by atoms with Crippen molar-refractivity contribution < 1.29 is 9.59 Å². The second-order valence-corrected chi connectivity index (χ2v) is 7.30. The summed E-state index contributed by atoms with van der Waals surface area (Å²) in [6, 6.07) is 9.26. The van der Waals surface area contributed by atoms with Crippen molar-refractivity contribution in [2.45, 2.75) is 33.4 Å². The van der Waals surface area contributed by atoms with Crippen molar-refractivity contribution in [2.75, 3.05) is 14.1 Å². The Balaban J connectivity index is 1.73. The van der Waals surface area contributed by atoms with Gasteiger partial charge in [0.25, 0.3) is 11.8 Å². The summed E-state index contributed by atoms with van der Waals surface area (Å²) in [6.07, 6.45) is 1.74. The summed E-state index contributed by atoms with van der Waals surface area (Å²) < 4.78 is 1.85. The van der Waals surface area contributed by atoms with Crippen LogP contribution in [0.2, 0.25) is 0 Å². The Morgan fingerprint density at radius 1 is 1.18 bits per heavy atom. The Bertz CT molecular complexity index is 1020. The summed E-state index contributed by atoms with van der Waals surface area (Å²) >= 11 is 0. The minimum atomic E-state index is -0.183. The molecular weight excluding hydrogens is 354 g/mol. The molecule has 1 N–H and O–H groups in total. The third kappa shape index (κ3) is 3.88. The predicted molar refractivity (Wildman–Crippen MR) is 108 cm³/mol. The average molecular weight is 379 g/mol. The molecule has 7 nitrogen and oxygen atoms in total. The number of aryl methyl sites for hydroxylation is 1. The molecule has 0 unspecified atom stereocenters.